The van der Waals surface area contributed by atoms with Gasteiger partial charge in [-0.05, 0) is 75.3 Å². The molecule has 2 aliphatic heterocycles. The molecule has 3 aliphatic rings. The van der Waals surface area contributed by atoms with Gasteiger partial charge in [-0.1, -0.05) is 18.2 Å². The maximum Gasteiger partial charge on any atom is 0.226 e. The number of likely N-dealkylation sites (tertiary alicyclic amines) is 1. The Morgan fingerprint density at radius 1 is 1.11 bits per heavy atom. The number of fused-ring (bicyclic) bond motifs is 1. The molecular formula is C23H31N3OS. The Balaban J connectivity index is 1.15. The fraction of sp³-hybridized carbons (Fsp3) is 0.609. The molecule has 28 heavy (non-hydrogen) atoms. The first-order valence-corrected chi connectivity index (χ1v) is 11.6. The smallest absolute Gasteiger partial charge is 0.226 e. The number of hydrogen-bond acceptors (Lipinski definition) is 4. The summed E-state index contributed by atoms with van der Waals surface area (Å²) in [5.41, 5.74) is 0.325. The Labute approximate surface area is 172 Å². The average molecular weight is 398 g/mol. The van der Waals surface area contributed by atoms with Crippen LogP contribution in [0.2, 0.25) is 0 Å². The summed E-state index contributed by atoms with van der Waals surface area (Å²) in [5.74, 6) is 0.760. The summed E-state index contributed by atoms with van der Waals surface area (Å²) >= 11 is 1.93. The molecule has 1 atom stereocenters. The zero-order chi connectivity index (χ0) is 19.1. The van der Waals surface area contributed by atoms with E-state index in [1.807, 2.05) is 11.3 Å². The third kappa shape index (κ3) is 3.60. The third-order valence-electron chi connectivity index (χ3n) is 7.23. The van der Waals surface area contributed by atoms with Crippen LogP contribution in [0.15, 0.2) is 30.3 Å². The van der Waals surface area contributed by atoms with E-state index < -0.39 is 0 Å². The summed E-state index contributed by atoms with van der Waals surface area (Å²) in [6, 6.07) is 11.0. The van der Waals surface area contributed by atoms with Crippen LogP contribution in [0.25, 0.3) is 10.1 Å². The van der Waals surface area contributed by atoms with Crippen molar-refractivity contribution < 1.29 is 4.79 Å². The van der Waals surface area contributed by atoms with Crippen LogP contribution in [0, 0.1) is 11.3 Å². The normalized spacial score (nSPS) is 25.9. The molecule has 0 radical (unpaired) electrons. The molecule has 1 aromatic heterocycles. The van der Waals surface area contributed by atoms with Gasteiger partial charge in [0.15, 0.2) is 0 Å². The number of benzene rings is 1. The quantitative estimate of drug-likeness (QED) is 0.791. The van der Waals surface area contributed by atoms with Crippen molar-refractivity contribution in [1.82, 2.24) is 14.7 Å². The Morgan fingerprint density at radius 2 is 1.93 bits per heavy atom. The summed E-state index contributed by atoms with van der Waals surface area (Å²) in [5, 5.41) is 1.37. The van der Waals surface area contributed by atoms with Gasteiger partial charge in [-0.15, -0.1) is 11.3 Å². The molecule has 1 unspecified atom stereocenters. The van der Waals surface area contributed by atoms with Gasteiger partial charge < -0.3 is 9.80 Å². The van der Waals surface area contributed by atoms with Gasteiger partial charge in [-0.25, -0.2) is 0 Å². The lowest BCUT2D eigenvalue weighted by Gasteiger charge is -2.33. The predicted molar refractivity (Wildman–Crippen MR) is 116 cm³/mol. The summed E-state index contributed by atoms with van der Waals surface area (Å²) < 4.78 is 1.39. The van der Waals surface area contributed by atoms with Crippen LogP contribution in [0.1, 0.15) is 30.6 Å². The molecule has 1 saturated carbocycles. The van der Waals surface area contributed by atoms with Crippen molar-refractivity contribution in [2.24, 2.45) is 11.3 Å². The van der Waals surface area contributed by atoms with Crippen molar-refractivity contribution in [3.63, 3.8) is 0 Å². The molecule has 1 aliphatic carbocycles. The van der Waals surface area contributed by atoms with Gasteiger partial charge in [0.25, 0.3) is 0 Å². The Kier molecular flexibility index (Phi) is 4.93. The lowest BCUT2D eigenvalue weighted by atomic mass is 9.90. The van der Waals surface area contributed by atoms with E-state index in [0.717, 1.165) is 58.7 Å². The maximum absolute atomic E-state index is 13.1. The molecule has 2 saturated heterocycles. The minimum atomic E-state index is 0.308. The van der Waals surface area contributed by atoms with E-state index in [1.165, 1.54) is 27.8 Å². The molecule has 0 bridgehead atoms. The standard InChI is InChI=1S/C23H31N3OS/c1-24-9-4-10-26(14-13-24)22(27)20-16-23(20)7-11-25(12-8-23)17-19-15-18-5-2-3-6-21(18)28-19/h2-3,5-6,15,20H,4,7-14,16-17H2,1H3. The number of hydrogen-bond donors (Lipinski definition) is 0. The zero-order valence-corrected chi connectivity index (χ0v) is 17.7. The average Bonchev–Trinajstić information content (AvgIpc) is 3.32. The second-order valence-corrected chi connectivity index (χ2v) is 10.3. The van der Waals surface area contributed by atoms with Crippen molar-refractivity contribution in [2.75, 3.05) is 46.3 Å². The Morgan fingerprint density at radius 3 is 2.75 bits per heavy atom. The first-order valence-electron chi connectivity index (χ1n) is 10.8. The number of thiophene rings is 1. The van der Waals surface area contributed by atoms with Gasteiger partial charge in [0.05, 0.1) is 0 Å². The monoisotopic (exact) mass is 397 g/mol. The molecule has 3 heterocycles. The van der Waals surface area contributed by atoms with E-state index in [1.54, 1.807) is 0 Å². The molecule has 1 aromatic carbocycles. The topological polar surface area (TPSA) is 26.8 Å². The Hall–Kier alpha value is -1.43. The van der Waals surface area contributed by atoms with Gasteiger partial charge >= 0.3 is 0 Å². The largest absolute Gasteiger partial charge is 0.341 e. The molecule has 1 amide bonds. The minimum absolute atomic E-state index is 0.308. The van der Waals surface area contributed by atoms with Crippen molar-refractivity contribution >= 4 is 27.3 Å². The second-order valence-electron chi connectivity index (χ2n) is 9.13. The molecule has 5 heteroatoms. The first-order chi connectivity index (χ1) is 13.6. The zero-order valence-electron chi connectivity index (χ0n) is 16.9. The van der Waals surface area contributed by atoms with E-state index in [2.05, 4.69) is 52.1 Å². The summed E-state index contributed by atoms with van der Waals surface area (Å²) in [7, 11) is 2.17. The lowest BCUT2D eigenvalue weighted by molar-refractivity contribution is -0.133. The number of likely N-dealkylation sites (N-methyl/N-ethyl adjacent to an activating group) is 1. The molecule has 3 fully saturated rings. The molecule has 2 aromatic rings. The van der Waals surface area contributed by atoms with Crippen LogP contribution in [0.3, 0.4) is 0 Å². The summed E-state index contributed by atoms with van der Waals surface area (Å²) in [6.07, 6.45) is 4.64. The first kappa shape index (κ1) is 18.6. The van der Waals surface area contributed by atoms with Crippen LogP contribution in [0.5, 0.6) is 0 Å². The molecule has 150 valence electrons. The van der Waals surface area contributed by atoms with Gasteiger partial charge in [0.2, 0.25) is 5.91 Å². The lowest BCUT2D eigenvalue weighted by Crippen LogP contribution is -2.39. The minimum Gasteiger partial charge on any atom is -0.341 e. The predicted octanol–water partition coefficient (Wildman–Crippen LogP) is 3.67. The molecular weight excluding hydrogens is 366 g/mol. The van der Waals surface area contributed by atoms with Crippen molar-refractivity contribution in [1.29, 1.82) is 0 Å². The molecule has 1 spiro atoms. The summed E-state index contributed by atoms with van der Waals surface area (Å²) in [4.78, 5) is 21.6. The number of carbonyl (C=O) groups excluding carboxylic acids is 1. The van der Waals surface area contributed by atoms with Gasteiger partial charge in [-0.3, -0.25) is 9.69 Å². The highest BCUT2D eigenvalue weighted by molar-refractivity contribution is 7.19. The maximum atomic E-state index is 13.1. The number of carbonyl (C=O) groups is 1. The summed E-state index contributed by atoms with van der Waals surface area (Å²) in [6.45, 7) is 7.35. The molecule has 0 N–H and O–H groups in total. The number of piperidine rings is 1. The number of amides is 1. The van der Waals surface area contributed by atoms with Crippen molar-refractivity contribution in [3.05, 3.63) is 35.2 Å². The third-order valence-corrected chi connectivity index (χ3v) is 8.33. The highest BCUT2D eigenvalue weighted by Crippen LogP contribution is 2.60. The highest BCUT2D eigenvalue weighted by atomic mass is 32.1. The highest BCUT2D eigenvalue weighted by Gasteiger charge is 2.59. The number of rotatable bonds is 3. The van der Waals surface area contributed by atoms with E-state index in [0.29, 0.717) is 17.2 Å². The molecule has 4 nitrogen and oxygen atoms in total. The van der Waals surface area contributed by atoms with Crippen molar-refractivity contribution in [3.8, 4) is 0 Å². The Bertz CT molecular complexity index is 821. The van der Waals surface area contributed by atoms with E-state index in [9.17, 15) is 4.79 Å². The van der Waals surface area contributed by atoms with Crippen LogP contribution in [-0.4, -0.2) is 66.9 Å². The fourth-order valence-corrected chi connectivity index (χ4v) is 6.34. The van der Waals surface area contributed by atoms with E-state index in [-0.39, 0.29) is 0 Å². The van der Waals surface area contributed by atoms with Crippen LogP contribution >= 0.6 is 11.3 Å². The van der Waals surface area contributed by atoms with Crippen molar-refractivity contribution in [2.45, 2.75) is 32.2 Å². The van der Waals surface area contributed by atoms with Crippen LogP contribution in [-0.2, 0) is 11.3 Å². The number of nitrogens with zero attached hydrogens (tertiary/aromatic N) is 3. The molecule has 5 rings (SSSR count). The van der Waals surface area contributed by atoms with Gasteiger partial charge in [0.1, 0.15) is 0 Å². The van der Waals surface area contributed by atoms with Gasteiger partial charge in [-0.2, -0.15) is 0 Å². The van der Waals surface area contributed by atoms with Gasteiger partial charge in [0, 0.05) is 41.7 Å². The fourth-order valence-electron chi connectivity index (χ4n) is 5.23. The van der Waals surface area contributed by atoms with Crippen LogP contribution in [0.4, 0.5) is 0 Å². The SMILES string of the molecule is CN1CCCN(C(=O)C2CC23CCN(Cc2cc4ccccc4s2)CC3)CC1. The second kappa shape index (κ2) is 7.43. The van der Waals surface area contributed by atoms with E-state index >= 15 is 0 Å². The van der Waals surface area contributed by atoms with E-state index in [4.69, 9.17) is 0 Å². The van der Waals surface area contributed by atoms with Crippen LogP contribution < -0.4 is 0 Å².